The van der Waals surface area contributed by atoms with Crippen LogP contribution in [0.4, 0.5) is 0 Å². The Hall–Kier alpha value is -2.44. The van der Waals surface area contributed by atoms with E-state index in [1.807, 2.05) is 20.8 Å². The van der Waals surface area contributed by atoms with Gasteiger partial charge in [-0.2, -0.15) is 0 Å². The lowest BCUT2D eigenvalue weighted by Crippen LogP contribution is -2.46. The Morgan fingerprint density at radius 2 is 1.87 bits per heavy atom. The third kappa shape index (κ3) is 7.96. The number of hydrogen-bond acceptors (Lipinski definition) is 4. The van der Waals surface area contributed by atoms with Crippen molar-refractivity contribution in [3.05, 3.63) is 25.3 Å². The topological polar surface area (TPSA) is 110 Å². The van der Waals surface area contributed by atoms with E-state index in [1.165, 1.54) is 4.90 Å². The molecule has 7 heteroatoms. The van der Waals surface area contributed by atoms with E-state index in [9.17, 15) is 19.2 Å². The molecule has 0 bridgehead atoms. The standard InChI is InChI=1S/C24H39N3O4/c1-7-9-16(5)24(31)27(6)20(11-15(3)4)21(28)14-17(22(25)29)12-18-13-19(10-8-2)26-23(18)30/h7-8,15-20H,1-2,9-14H2,3-6H3,(H2,25,29)(H,26,30)/t16-,17+,18+,19+,20-/m0/s1. The zero-order valence-electron chi connectivity index (χ0n) is 19.4. The van der Waals surface area contributed by atoms with E-state index in [1.54, 1.807) is 19.2 Å². The third-order valence-corrected chi connectivity index (χ3v) is 5.98. The van der Waals surface area contributed by atoms with Gasteiger partial charge in [-0.25, -0.2) is 0 Å². The molecule has 0 aromatic heterocycles. The van der Waals surface area contributed by atoms with Crippen molar-refractivity contribution in [2.24, 2.45) is 29.4 Å². The number of nitrogens with zero attached hydrogens (tertiary/aromatic N) is 1. The summed E-state index contributed by atoms with van der Waals surface area (Å²) in [4.78, 5) is 51.9. The summed E-state index contributed by atoms with van der Waals surface area (Å²) in [5, 5.41) is 2.90. The van der Waals surface area contributed by atoms with Gasteiger partial charge in [0, 0.05) is 37.3 Å². The van der Waals surface area contributed by atoms with Crippen molar-refractivity contribution in [2.75, 3.05) is 7.05 Å². The Morgan fingerprint density at radius 1 is 1.23 bits per heavy atom. The maximum absolute atomic E-state index is 13.2. The number of Topliss-reactive ketones (excluding diaryl/α,β-unsaturated/α-hetero) is 1. The molecule has 1 rings (SSSR count). The second-order valence-corrected chi connectivity index (χ2v) is 9.19. The highest BCUT2D eigenvalue weighted by atomic mass is 16.2. The molecule has 0 aliphatic carbocycles. The van der Waals surface area contributed by atoms with Gasteiger partial charge in [0.15, 0.2) is 5.78 Å². The van der Waals surface area contributed by atoms with E-state index >= 15 is 0 Å². The van der Waals surface area contributed by atoms with Gasteiger partial charge in [0.1, 0.15) is 0 Å². The van der Waals surface area contributed by atoms with Gasteiger partial charge in [-0.3, -0.25) is 19.2 Å². The number of rotatable bonds is 14. The summed E-state index contributed by atoms with van der Waals surface area (Å²) in [6, 6.07) is -0.629. The highest BCUT2D eigenvalue weighted by Crippen LogP contribution is 2.28. The van der Waals surface area contributed by atoms with E-state index in [4.69, 9.17) is 5.73 Å². The number of nitrogens with one attached hydrogen (secondary N) is 1. The summed E-state index contributed by atoms with van der Waals surface area (Å²) in [5.74, 6) is -2.22. The molecule has 0 spiro atoms. The van der Waals surface area contributed by atoms with E-state index in [-0.39, 0.29) is 54.2 Å². The third-order valence-electron chi connectivity index (χ3n) is 5.98. The van der Waals surface area contributed by atoms with Crippen LogP contribution in [0.15, 0.2) is 25.3 Å². The SMILES string of the molecule is C=CC[C@@H]1C[C@@H](C[C@H](CC(=O)[C@H](CC(C)C)N(C)C(=O)[C@@H](C)CC=C)C(N)=O)C(=O)N1. The van der Waals surface area contributed by atoms with Gasteiger partial charge in [-0.1, -0.05) is 32.9 Å². The van der Waals surface area contributed by atoms with Crippen molar-refractivity contribution in [2.45, 2.75) is 71.4 Å². The lowest BCUT2D eigenvalue weighted by molar-refractivity contribution is -0.142. The minimum absolute atomic E-state index is 0.00280. The predicted octanol–water partition coefficient (Wildman–Crippen LogP) is 2.60. The molecular weight excluding hydrogens is 394 g/mol. The van der Waals surface area contributed by atoms with Crippen LogP contribution in [0.25, 0.3) is 0 Å². The molecule has 31 heavy (non-hydrogen) atoms. The number of amides is 3. The summed E-state index contributed by atoms with van der Waals surface area (Å²) >= 11 is 0. The van der Waals surface area contributed by atoms with Crippen LogP contribution in [0.2, 0.25) is 0 Å². The van der Waals surface area contributed by atoms with Crippen LogP contribution in [0.3, 0.4) is 0 Å². The smallest absolute Gasteiger partial charge is 0.226 e. The van der Waals surface area contributed by atoms with Gasteiger partial charge in [-0.05, 0) is 38.0 Å². The van der Waals surface area contributed by atoms with E-state index in [0.717, 1.165) is 0 Å². The van der Waals surface area contributed by atoms with Gasteiger partial charge < -0.3 is 16.0 Å². The fraction of sp³-hybridized carbons (Fsp3) is 0.667. The molecule has 1 heterocycles. The van der Waals surface area contributed by atoms with Crippen molar-refractivity contribution in [1.82, 2.24) is 10.2 Å². The minimum Gasteiger partial charge on any atom is -0.369 e. The molecule has 0 aromatic carbocycles. The molecule has 174 valence electrons. The fourth-order valence-electron chi connectivity index (χ4n) is 4.21. The van der Waals surface area contributed by atoms with Crippen LogP contribution >= 0.6 is 0 Å². The van der Waals surface area contributed by atoms with Gasteiger partial charge in [0.25, 0.3) is 0 Å². The second-order valence-electron chi connectivity index (χ2n) is 9.19. The molecule has 3 amide bonds. The molecule has 1 aliphatic rings. The quantitative estimate of drug-likeness (QED) is 0.410. The maximum atomic E-state index is 13.2. The van der Waals surface area contributed by atoms with Crippen molar-refractivity contribution in [3.63, 3.8) is 0 Å². The summed E-state index contributed by atoms with van der Waals surface area (Å²) < 4.78 is 0. The average Bonchev–Trinajstić information content (AvgIpc) is 3.03. The fourth-order valence-corrected chi connectivity index (χ4v) is 4.21. The average molecular weight is 434 g/mol. The van der Waals surface area contributed by atoms with Crippen LogP contribution in [0.5, 0.6) is 0 Å². The number of hydrogen-bond donors (Lipinski definition) is 2. The second kappa shape index (κ2) is 12.4. The van der Waals surface area contributed by atoms with Crippen molar-refractivity contribution in [1.29, 1.82) is 0 Å². The molecule has 5 atom stereocenters. The zero-order valence-corrected chi connectivity index (χ0v) is 19.4. The normalized spacial score (nSPS) is 21.1. The molecular formula is C24H39N3O4. The highest BCUT2D eigenvalue weighted by molar-refractivity contribution is 5.93. The molecule has 0 saturated carbocycles. The van der Waals surface area contributed by atoms with E-state index in [2.05, 4.69) is 18.5 Å². The largest absolute Gasteiger partial charge is 0.369 e. The Balaban J connectivity index is 2.93. The summed E-state index contributed by atoms with van der Waals surface area (Å²) in [6.45, 7) is 13.1. The van der Waals surface area contributed by atoms with Crippen LogP contribution in [0, 0.1) is 23.7 Å². The van der Waals surface area contributed by atoms with Crippen LogP contribution < -0.4 is 11.1 Å². The number of primary amides is 1. The van der Waals surface area contributed by atoms with Crippen molar-refractivity contribution in [3.8, 4) is 0 Å². The van der Waals surface area contributed by atoms with Gasteiger partial charge in [0.2, 0.25) is 17.7 Å². The summed E-state index contributed by atoms with van der Waals surface area (Å²) in [6.07, 6.45) is 5.88. The summed E-state index contributed by atoms with van der Waals surface area (Å²) in [7, 11) is 1.64. The van der Waals surface area contributed by atoms with Crippen LogP contribution in [-0.4, -0.2) is 47.5 Å². The Kier molecular flexibility index (Phi) is 10.7. The number of carbonyl (C=O) groups excluding carboxylic acids is 4. The first kappa shape index (κ1) is 26.6. The lowest BCUT2D eigenvalue weighted by Gasteiger charge is -2.31. The number of carbonyl (C=O) groups is 4. The molecule has 3 N–H and O–H groups in total. The lowest BCUT2D eigenvalue weighted by atomic mass is 9.85. The number of likely N-dealkylation sites (N-methyl/N-ethyl adjacent to an activating group) is 1. The zero-order chi connectivity index (χ0) is 23.7. The van der Waals surface area contributed by atoms with Crippen LogP contribution in [-0.2, 0) is 19.2 Å². The number of ketones is 1. The Bertz CT molecular complexity index is 688. The first-order chi connectivity index (χ1) is 14.5. The van der Waals surface area contributed by atoms with Crippen molar-refractivity contribution < 1.29 is 19.2 Å². The molecule has 1 fully saturated rings. The predicted molar refractivity (Wildman–Crippen MR) is 122 cm³/mol. The number of nitrogens with two attached hydrogens (primary N) is 1. The van der Waals surface area contributed by atoms with E-state index < -0.39 is 17.9 Å². The molecule has 0 unspecified atom stereocenters. The number of allylic oxidation sites excluding steroid dienone is 1. The van der Waals surface area contributed by atoms with Crippen molar-refractivity contribution >= 4 is 23.5 Å². The van der Waals surface area contributed by atoms with Gasteiger partial charge in [-0.15, -0.1) is 13.2 Å². The van der Waals surface area contributed by atoms with Gasteiger partial charge in [0.05, 0.1) is 6.04 Å². The van der Waals surface area contributed by atoms with E-state index in [0.29, 0.717) is 25.7 Å². The summed E-state index contributed by atoms with van der Waals surface area (Å²) in [5.41, 5.74) is 5.60. The monoisotopic (exact) mass is 433 g/mol. The molecule has 7 nitrogen and oxygen atoms in total. The first-order valence-corrected chi connectivity index (χ1v) is 11.1. The molecule has 1 aliphatic heterocycles. The molecule has 1 saturated heterocycles. The minimum atomic E-state index is -0.741. The highest BCUT2D eigenvalue weighted by Gasteiger charge is 2.37. The molecule has 0 aromatic rings. The maximum Gasteiger partial charge on any atom is 0.226 e. The first-order valence-electron chi connectivity index (χ1n) is 11.1. The van der Waals surface area contributed by atoms with Crippen LogP contribution in [0.1, 0.15) is 59.3 Å². The van der Waals surface area contributed by atoms with Gasteiger partial charge >= 0.3 is 0 Å². The molecule has 0 radical (unpaired) electrons. The Morgan fingerprint density at radius 3 is 2.39 bits per heavy atom. The Labute approximate surface area is 186 Å².